The number of aliphatic hydroxyl groups excluding tert-OH is 3. The molecular weight excluding hydrogens is 608 g/mol. The summed E-state index contributed by atoms with van der Waals surface area (Å²) in [6, 6.07) is 0. The van der Waals surface area contributed by atoms with Crippen LogP contribution in [0.25, 0.3) is 0 Å². The summed E-state index contributed by atoms with van der Waals surface area (Å²) < 4.78 is 42.4. The van der Waals surface area contributed by atoms with Gasteiger partial charge in [-0.15, -0.1) is 0 Å². The number of rotatable bonds is 29. The van der Waals surface area contributed by atoms with Gasteiger partial charge in [0.1, 0.15) is 18.3 Å². The van der Waals surface area contributed by atoms with Gasteiger partial charge in [0.25, 0.3) is 0 Å². The van der Waals surface area contributed by atoms with E-state index >= 15 is 0 Å². The number of unbranched alkanes of at least 4 members (excludes halogenated alkanes) is 3. The molecule has 0 aliphatic rings. The van der Waals surface area contributed by atoms with Crippen molar-refractivity contribution in [2.45, 2.75) is 170 Å². The second-order valence-corrected chi connectivity index (χ2v) is 13.2. The Labute approximate surface area is 289 Å². The van der Waals surface area contributed by atoms with E-state index in [9.17, 15) is 15.3 Å². The second kappa shape index (κ2) is 36.8. The van der Waals surface area contributed by atoms with E-state index in [1.54, 1.807) is 0 Å². The fourth-order valence-electron chi connectivity index (χ4n) is 3.32. The molecule has 3 N–H and O–H groups in total. The Morgan fingerprint density at radius 2 is 0.532 bits per heavy atom. The molecule has 0 rings (SSSR count). The van der Waals surface area contributed by atoms with Gasteiger partial charge in [-0.1, -0.05) is 12.8 Å². The fourth-order valence-corrected chi connectivity index (χ4v) is 3.32. The highest BCUT2D eigenvalue weighted by molar-refractivity contribution is 4.58. The van der Waals surface area contributed by atoms with Crippen LogP contribution >= 0.6 is 0 Å². The third kappa shape index (κ3) is 52.5. The minimum absolute atomic E-state index is 0.0529. The molecule has 0 aliphatic heterocycles. The Balaban J connectivity index is -0.000000665. The second-order valence-electron chi connectivity index (χ2n) is 13.2. The zero-order valence-corrected chi connectivity index (χ0v) is 32.4. The molecule has 0 heterocycles. The van der Waals surface area contributed by atoms with Crippen molar-refractivity contribution in [3.8, 4) is 0 Å². The molecule has 11 nitrogen and oxygen atoms in total. The van der Waals surface area contributed by atoms with Crippen LogP contribution in [0, 0.1) is 0 Å². The van der Waals surface area contributed by atoms with Gasteiger partial charge in [-0.2, -0.15) is 0 Å². The average Bonchev–Trinajstić information content (AvgIpc) is 2.96. The van der Waals surface area contributed by atoms with E-state index in [1.807, 2.05) is 55.4 Å². The van der Waals surface area contributed by atoms with Crippen molar-refractivity contribution in [3.05, 3.63) is 0 Å². The van der Waals surface area contributed by atoms with E-state index in [4.69, 9.17) is 37.9 Å². The molecule has 47 heavy (non-hydrogen) atoms. The zero-order valence-electron chi connectivity index (χ0n) is 32.4. The van der Waals surface area contributed by atoms with E-state index in [0.717, 1.165) is 32.8 Å². The predicted octanol–water partition coefficient (Wildman–Crippen LogP) is 5.58. The molecule has 2 unspecified atom stereocenters. The average molecular weight is 687 g/mol. The summed E-state index contributed by atoms with van der Waals surface area (Å²) in [5, 5.41) is 28.7. The minimum atomic E-state index is -0.809. The molecule has 0 saturated heterocycles. The van der Waals surface area contributed by atoms with Gasteiger partial charge in [0.15, 0.2) is 0 Å². The largest absolute Gasteiger partial charge is 0.388 e. The van der Waals surface area contributed by atoms with Crippen LogP contribution in [0.4, 0.5) is 0 Å². The topological polar surface area (TPSA) is 135 Å². The molecule has 0 aromatic rings. The molecule has 0 saturated carbocycles. The summed E-state index contributed by atoms with van der Waals surface area (Å²) in [6.45, 7) is 28.2. The Morgan fingerprint density at radius 1 is 0.298 bits per heavy atom. The lowest BCUT2D eigenvalue weighted by Gasteiger charge is -2.17. The van der Waals surface area contributed by atoms with Crippen LogP contribution in [-0.2, 0) is 37.9 Å². The van der Waals surface area contributed by atoms with Gasteiger partial charge in [-0.25, -0.2) is 0 Å². The Kier molecular flexibility index (Phi) is 39.9. The van der Waals surface area contributed by atoms with Crippen LogP contribution in [0.2, 0.25) is 0 Å². The highest BCUT2D eigenvalue weighted by Crippen LogP contribution is 2.03. The molecule has 0 aromatic carbocycles. The van der Waals surface area contributed by atoms with Gasteiger partial charge < -0.3 is 53.2 Å². The molecular formula is C36H78O11. The fraction of sp³-hybridized carbons (Fsp3) is 1.00. The van der Waals surface area contributed by atoms with Crippen molar-refractivity contribution in [2.24, 2.45) is 0 Å². The third-order valence-electron chi connectivity index (χ3n) is 5.62. The van der Waals surface area contributed by atoms with Gasteiger partial charge >= 0.3 is 0 Å². The van der Waals surface area contributed by atoms with Crippen LogP contribution < -0.4 is 0 Å². The molecule has 0 bridgehead atoms. The van der Waals surface area contributed by atoms with Crippen molar-refractivity contribution in [3.63, 3.8) is 0 Å². The van der Waals surface area contributed by atoms with E-state index in [1.165, 1.54) is 25.7 Å². The van der Waals surface area contributed by atoms with Gasteiger partial charge in [-0.3, -0.25) is 0 Å². The lowest BCUT2D eigenvalue weighted by molar-refractivity contribution is -0.0777. The minimum Gasteiger partial charge on any atom is -0.388 e. The first-order chi connectivity index (χ1) is 22.1. The van der Waals surface area contributed by atoms with Gasteiger partial charge in [-0.05, 0) is 102 Å². The van der Waals surface area contributed by atoms with Crippen LogP contribution in [-0.4, -0.2) is 136 Å². The number of aliphatic hydroxyl groups is 3. The van der Waals surface area contributed by atoms with Gasteiger partial charge in [0, 0.05) is 26.4 Å². The van der Waals surface area contributed by atoms with Crippen LogP contribution in [0.3, 0.4) is 0 Å². The summed E-state index contributed by atoms with van der Waals surface area (Å²) in [4.78, 5) is 0. The van der Waals surface area contributed by atoms with E-state index < -0.39 is 18.3 Å². The smallest absolute Gasteiger partial charge is 0.101 e. The maximum atomic E-state index is 9.64. The van der Waals surface area contributed by atoms with E-state index in [-0.39, 0.29) is 51.8 Å². The van der Waals surface area contributed by atoms with E-state index in [0.29, 0.717) is 24.4 Å². The van der Waals surface area contributed by atoms with E-state index in [2.05, 4.69) is 27.7 Å². The molecule has 0 aromatic heterocycles. The van der Waals surface area contributed by atoms with Crippen molar-refractivity contribution < 1.29 is 53.2 Å². The summed E-state index contributed by atoms with van der Waals surface area (Å²) in [7, 11) is 0. The normalized spacial score (nSPS) is 13.7. The zero-order chi connectivity index (χ0) is 36.5. The predicted molar refractivity (Wildman–Crippen MR) is 189 cm³/mol. The number of ether oxygens (including phenoxy) is 8. The van der Waals surface area contributed by atoms with Gasteiger partial charge in [0.05, 0.1) is 76.3 Å². The first kappa shape index (κ1) is 50.9. The molecule has 0 radical (unpaired) electrons. The SMILES string of the molecule is CC(C)OCC(O)COCC(O)COCC(O)COC(C)C.CC(C)OCCCCCCOC(C)C.CC(C)OCCCOC(C)C. The van der Waals surface area contributed by atoms with Crippen molar-refractivity contribution in [1.29, 1.82) is 0 Å². The molecule has 2 atom stereocenters. The standard InChI is InChI=1S/C15H32O7.C12H26O2.C9H20O2/c1-11(2)21-9-14(17)7-19-5-13(16)6-20-8-15(18)10-22-12(3)4;1-11(2)13-9-7-5-6-8-10-14-12(3)4;1-8(2)10-6-5-7-11-9(3)4/h11-18H,5-10H2,1-4H3;11-12H,5-10H2,1-4H3;8-9H,5-7H2,1-4H3. The quantitative estimate of drug-likeness (QED) is 0.0852. The highest BCUT2D eigenvalue weighted by Gasteiger charge is 2.11. The molecule has 11 heteroatoms. The van der Waals surface area contributed by atoms with Crippen molar-refractivity contribution >= 4 is 0 Å². The molecule has 0 spiro atoms. The Hall–Kier alpha value is -0.440. The highest BCUT2D eigenvalue weighted by atomic mass is 16.5. The molecule has 288 valence electrons. The summed E-state index contributed by atoms with van der Waals surface area (Å²) in [5.74, 6) is 0. The number of hydrogen-bond acceptors (Lipinski definition) is 11. The number of hydrogen-bond donors (Lipinski definition) is 3. The summed E-state index contributed by atoms with van der Waals surface area (Å²) in [5.41, 5.74) is 0. The Morgan fingerprint density at radius 3 is 0.787 bits per heavy atom. The van der Waals surface area contributed by atoms with Crippen LogP contribution in [0.15, 0.2) is 0 Å². The summed E-state index contributed by atoms with van der Waals surface area (Å²) in [6.07, 6.45) is 5.17. The van der Waals surface area contributed by atoms with Gasteiger partial charge in [0.2, 0.25) is 0 Å². The lowest BCUT2D eigenvalue weighted by atomic mass is 10.2. The Bertz CT molecular complexity index is 541. The maximum absolute atomic E-state index is 9.64. The first-order valence-electron chi connectivity index (χ1n) is 18.0. The van der Waals surface area contributed by atoms with Crippen LogP contribution in [0.5, 0.6) is 0 Å². The molecule has 0 aliphatic carbocycles. The first-order valence-corrected chi connectivity index (χ1v) is 18.0. The monoisotopic (exact) mass is 687 g/mol. The summed E-state index contributed by atoms with van der Waals surface area (Å²) >= 11 is 0. The third-order valence-corrected chi connectivity index (χ3v) is 5.62. The van der Waals surface area contributed by atoms with Crippen LogP contribution in [0.1, 0.15) is 115 Å². The molecule has 0 amide bonds. The molecule has 0 fully saturated rings. The van der Waals surface area contributed by atoms with Crippen molar-refractivity contribution in [2.75, 3.05) is 66.1 Å². The maximum Gasteiger partial charge on any atom is 0.101 e. The lowest BCUT2D eigenvalue weighted by Crippen LogP contribution is -2.30. The van der Waals surface area contributed by atoms with Crippen molar-refractivity contribution in [1.82, 2.24) is 0 Å².